The zero-order valence-electron chi connectivity index (χ0n) is 14.8. The SMILES string of the molecule is O=C(O)C(F)(F)F.O=C(c1ccsc1)N1C[C@@H]2CN(c3ncc(F)cn3)C[C@@H]2C1. The van der Waals surface area contributed by atoms with Crippen LogP contribution in [0.1, 0.15) is 10.4 Å². The molecule has 0 bridgehead atoms. The van der Waals surface area contributed by atoms with Gasteiger partial charge < -0.3 is 14.9 Å². The van der Waals surface area contributed by atoms with E-state index in [1.54, 1.807) is 11.3 Å². The number of carboxylic acid groups (broad SMARTS) is 1. The van der Waals surface area contributed by atoms with Crippen molar-refractivity contribution < 1.29 is 32.3 Å². The Kier molecular flexibility index (Phi) is 6.01. The van der Waals surface area contributed by atoms with E-state index in [4.69, 9.17) is 9.90 Å². The maximum Gasteiger partial charge on any atom is 0.490 e. The Morgan fingerprint density at radius 1 is 1.10 bits per heavy atom. The number of alkyl halides is 3. The predicted octanol–water partition coefficient (Wildman–Crippen LogP) is 2.52. The van der Waals surface area contributed by atoms with Crippen molar-refractivity contribution in [3.63, 3.8) is 0 Å². The minimum absolute atomic E-state index is 0.125. The molecule has 0 saturated carbocycles. The van der Waals surface area contributed by atoms with Crippen molar-refractivity contribution in [2.75, 3.05) is 31.1 Å². The molecule has 2 atom stereocenters. The quantitative estimate of drug-likeness (QED) is 0.734. The summed E-state index contributed by atoms with van der Waals surface area (Å²) >= 11 is 1.54. The molecule has 2 aromatic rings. The number of aromatic nitrogens is 2. The summed E-state index contributed by atoms with van der Waals surface area (Å²) in [6.45, 7) is 3.20. The molecule has 156 valence electrons. The summed E-state index contributed by atoms with van der Waals surface area (Å²) in [5.41, 5.74) is 0.781. The highest BCUT2D eigenvalue weighted by Crippen LogP contribution is 2.33. The molecule has 4 heterocycles. The average Bonchev–Trinajstić information content (AvgIpc) is 3.37. The van der Waals surface area contributed by atoms with Crippen LogP contribution in [0.15, 0.2) is 29.2 Å². The van der Waals surface area contributed by atoms with Crippen LogP contribution < -0.4 is 4.90 Å². The number of carboxylic acids is 1. The van der Waals surface area contributed by atoms with Crippen molar-refractivity contribution in [1.29, 1.82) is 0 Å². The van der Waals surface area contributed by atoms with Gasteiger partial charge >= 0.3 is 12.1 Å². The first-order chi connectivity index (χ1) is 13.6. The van der Waals surface area contributed by atoms with Crippen LogP contribution in [-0.2, 0) is 4.79 Å². The van der Waals surface area contributed by atoms with Gasteiger partial charge in [0.25, 0.3) is 5.91 Å². The lowest BCUT2D eigenvalue weighted by Crippen LogP contribution is -2.33. The topological polar surface area (TPSA) is 86.6 Å². The van der Waals surface area contributed by atoms with Gasteiger partial charge in [0.1, 0.15) is 0 Å². The molecule has 1 amide bonds. The number of aliphatic carboxylic acids is 1. The molecule has 0 aliphatic carbocycles. The number of carbonyl (C=O) groups is 2. The van der Waals surface area contributed by atoms with Crippen LogP contribution in [0.5, 0.6) is 0 Å². The third kappa shape index (κ3) is 5.00. The lowest BCUT2D eigenvalue weighted by atomic mass is 10.0. The van der Waals surface area contributed by atoms with Gasteiger partial charge in [0.05, 0.1) is 18.0 Å². The minimum Gasteiger partial charge on any atom is -0.475 e. The van der Waals surface area contributed by atoms with Gasteiger partial charge in [-0.3, -0.25) is 4.79 Å². The van der Waals surface area contributed by atoms with Gasteiger partial charge in [0.15, 0.2) is 5.82 Å². The van der Waals surface area contributed by atoms with Crippen molar-refractivity contribution in [3.8, 4) is 0 Å². The van der Waals surface area contributed by atoms with E-state index in [-0.39, 0.29) is 5.91 Å². The molecule has 2 aliphatic rings. The molecule has 2 fully saturated rings. The fourth-order valence-electron chi connectivity index (χ4n) is 3.36. The first-order valence-electron chi connectivity index (χ1n) is 8.49. The van der Waals surface area contributed by atoms with E-state index < -0.39 is 18.0 Å². The summed E-state index contributed by atoms with van der Waals surface area (Å²) in [5, 5.41) is 11.0. The van der Waals surface area contributed by atoms with Crippen LogP contribution in [0.2, 0.25) is 0 Å². The van der Waals surface area contributed by atoms with Crippen LogP contribution in [-0.4, -0.2) is 64.2 Å². The second-order valence-electron chi connectivity index (χ2n) is 6.65. The van der Waals surface area contributed by atoms with E-state index in [9.17, 15) is 22.4 Å². The molecule has 0 radical (unpaired) electrons. The highest BCUT2D eigenvalue weighted by molar-refractivity contribution is 7.08. The molecule has 1 N–H and O–H groups in total. The van der Waals surface area contributed by atoms with Crippen molar-refractivity contribution >= 4 is 29.2 Å². The minimum atomic E-state index is -5.08. The number of thiophene rings is 1. The number of nitrogens with zero attached hydrogens (tertiary/aromatic N) is 4. The number of likely N-dealkylation sites (tertiary alicyclic amines) is 1. The highest BCUT2D eigenvalue weighted by atomic mass is 32.1. The first kappa shape index (κ1) is 21.0. The van der Waals surface area contributed by atoms with E-state index in [1.165, 1.54) is 12.4 Å². The Morgan fingerprint density at radius 2 is 1.66 bits per heavy atom. The van der Waals surface area contributed by atoms with Gasteiger partial charge in [-0.1, -0.05) is 0 Å². The third-order valence-electron chi connectivity index (χ3n) is 4.67. The van der Waals surface area contributed by atoms with Gasteiger partial charge in [-0.25, -0.2) is 19.2 Å². The van der Waals surface area contributed by atoms with Crippen molar-refractivity contribution in [2.24, 2.45) is 11.8 Å². The molecule has 12 heteroatoms. The Hall–Kier alpha value is -2.76. The number of halogens is 4. The van der Waals surface area contributed by atoms with Crippen molar-refractivity contribution in [3.05, 3.63) is 40.6 Å². The van der Waals surface area contributed by atoms with Crippen LogP contribution in [0.25, 0.3) is 0 Å². The lowest BCUT2D eigenvalue weighted by molar-refractivity contribution is -0.192. The summed E-state index contributed by atoms with van der Waals surface area (Å²) < 4.78 is 44.6. The second-order valence-corrected chi connectivity index (χ2v) is 7.43. The van der Waals surface area contributed by atoms with Gasteiger partial charge in [0, 0.05) is 43.4 Å². The standard InChI is InChI=1S/C15H15FN4OS.C2HF3O2/c16-13-3-17-15(18-4-13)20-7-11-5-19(6-12(11)8-20)14(21)10-1-2-22-9-10;3-2(4,5)1(6)7/h1-4,9,11-12H,5-8H2;(H,6,7)/t11-,12+;. The molecule has 2 aliphatic heterocycles. The van der Waals surface area contributed by atoms with E-state index in [2.05, 4.69) is 14.9 Å². The zero-order valence-corrected chi connectivity index (χ0v) is 15.7. The van der Waals surface area contributed by atoms with Gasteiger partial charge in [0.2, 0.25) is 5.95 Å². The number of rotatable bonds is 2. The highest BCUT2D eigenvalue weighted by Gasteiger charge is 2.42. The molecule has 29 heavy (non-hydrogen) atoms. The van der Waals surface area contributed by atoms with Crippen molar-refractivity contribution in [2.45, 2.75) is 6.18 Å². The summed E-state index contributed by atoms with van der Waals surface area (Å²) in [4.78, 5) is 33.4. The van der Waals surface area contributed by atoms with Crippen molar-refractivity contribution in [1.82, 2.24) is 14.9 Å². The molecule has 7 nitrogen and oxygen atoms in total. The smallest absolute Gasteiger partial charge is 0.475 e. The van der Waals surface area contributed by atoms with Crippen LogP contribution in [0, 0.1) is 17.7 Å². The van der Waals surface area contributed by atoms with Gasteiger partial charge in [-0.15, -0.1) is 0 Å². The maximum absolute atomic E-state index is 12.9. The summed E-state index contributed by atoms with van der Waals surface area (Å²) in [6, 6.07) is 1.87. The fraction of sp³-hybridized carbons (Fsp3) is 0.412. The average molecular weight is 432 g/mol. The molecular formula is C17H16F4N4O3S. The van der Waals surface area contributed by atoms with E-state index >= 15 is 0 Å². The maximum atomic E-state index is 12.9. The molecule has 2 saturated heterocycles. The molecular weight excluding hydrogens is 416 g/mol. The Labute approximate surface area is 166 Å². The Morgan fingerprint density at radius 3 is 2.10 bits per heavy atom. The molecule has 0 aromatic carbocycles. The third-order valence-corrected chi connectivity index (χ3v) is 5.36. The van der Waals surface area contributed by atoms with Gasteiger partial charge in [-0.2, -0.15) is 24.5 Å². The number of amides is 1. The fourth-order valence-corrected chi connectivity index (χ4v) is 3.99. The van der Waals surface area contributed by atoms with E-state index in [0.717, 1.165) is 31.7 Å². The lowest BCUT2D eigenvalue weighted by Gasteiger charge is -2.21. The first-order valence-corrected chi connectivity index (χ1v) is 9.43. The van der Waals surface area contributed by atoms with Crippen LogP contribution in [0.3, 0.4) is 0 Å². The number of carbonyl (C=O) groups excluding carboxylic acids is 1. The van der Waals surface area contributed by atoms with E-state index in [1.807, 2.05) is 21.7 Å². The zero-order chi connectivity index (χ0) is 21.2. The van der Waals surface area contributed by atoms with E-state index in [0.29, 0.717) is 17.8 Å². The van der Waals surface area contributed by atoms with Gasteiger partial charge in [-0.05, 0) is 11.4 Å². The van der Waals surface area contributed by atoms with Crippen LogP contribution >= 0.6 is 11.3 Å². The normalized spacial score (nSPS) is 20.8. The Bertz CT molecular complexity index is 847. The monoisotopic (exact) mass is 432 g/mol. The summed E-state index contributed by atoms with van der Waals surface area (Å²) in [6.07, 6.45) is -2.69. The molecule has 0 unspecified atom stereocenters. The predicted molar refractivity (Wildman–Crippen MR) is 95.1 cm³/mol. The molecule has 4 rings (SSSR count). The second kappa shape index (κ2) is 8.31. The number of hydrogen-bond donors (Lipinski definition) is 1. The Balaban J connectivity index is 0.000000298. The molecule has 0 spiro atoms. The number of fused-ring (bicyclic) bond motifs is 1. The molecule has 2 aromatic heterocycles. The largest absolute Gasteiger partial charge is 0.490 e. The van der Waals surface area contributed by atoms with Crippen LogP contribution in [0.4, 0.5) is 23.5 Å². The number of anilines is 1. The summed E-state index contributed by atoms with van der Waals surface area (Å²) in [7, 11) is 0. The number of hydrogen-bond acceptors (Lipinski definition) is 6. The summed E-state index contributed by atoms with van der Waals surface area (Å²) in [5.74, 6) is -1.60.